The Morgan fingerprint density at radius 2 is 2.06 bits per heavy atom. The van der Waals surface area contributed by atoms with Gasteiger partial charge in [-0.3, -0.25) is 4.90 Å². The van der Waals surface area contributed by atoms with E-state index < -0.39 is 0 Å². The Bertz CT molecular complexity index is 403. The number of nitrogens with two attached hydrogens (primary N) is 2. The number of hydrazone groups is 1. The first-order valence-electron chi connectivity index (χ1n) is 6.27. The number of guanidine groups is 1. The maximum Gasteiger partial charge on any atom is 0.213 e. The molecule has 1 unspecified atom stereocenters. The molecule has 5 nitrogen and oxygen atoms in total. The van der Waals surface area contributed by atoms with Gasteiger partial charge in [0.2, 0.25) is 5.96 Å². The van der Waals surface area contributed by atoms with Crippen LogP contribution in [-0.2, 0) is 6.54 Å². The lowest BCUT2D eigenvalue weighted by molar-refractivity contribution is 0.129. The van der Waals surface area contributed by atoms with Crippen LogP contribution in [0, 0.1) is 0 Å². The van der Waals surface area contributed by atoms with Crippen LogP contribution in [0.25, 0.3) is 0 Å². The zero-order chi connectivity index (χ0) is 13.0. The van der Waals surface area contributed by atoms with Gasteiger partial charge in [-0.15, -0.1) is 5.10 Å². The summed E-state index contributed by atoms with van der Waals surface area (Å²) in [6.07, 6.45) is 0. The Kier molecular flexibility index (Phi) is 4.04. The van der Waals surface area contributed by atoms with Crippen LogP contribution in [0.4, 0.5) is 0 Å². The molecular formula is C13H21N5. The summed E-state index contributed by atoms with van der Waals surface area (Å²) in [6, 6.07) is 10.9. The molecule has 0 aliphatic carbocycles. The minimum absolute atomic E-state index is 0.342. The maximum atomic E-state index is 5.77. The molecule has 0 radical (unpaired) electrons. The SMILES string of the molecule is CC1CN(Cc2ccccc2)CCN1/C(N)=N/N. The van der Waals surface area contributed by atoms with Crippen LogP contribution in [0.1, 0.15) is 12.5 Å². The van der Waals surface area contributed by atoms with E-state index in [-0.39, 0.29) is 0 Å². The standard InChI is InChI=1S/C13H21N5/c1-11-9-17(7-8-18(11)13(14)16-15)10-12-5-3-2-4-6-12/h2-6,11H,7-10,15H2,1H3,(H2,14,16). The molecule has 0 saturated carbocycles. The minimum Gasteiger partial charge on any atom is -0.368 e. The number of nitrogens with zero attached hydrogens (tertiary/aromatic N) is 3. The summed E-state index contributed by atoms with van der Waals surface area (Å²) < 4.78 is 0. The van der Waals surface area contributed by atoms with E-state index in [0.717, 1.165) is 26.2 Å². The molecule has 1 saturated heterocycles. The highest BCUT2D eigenvalue weighted by Crippen LogP contribution is 2.12. The molecule has 1 aromatic rings. The fourth-order valence-electron chi connectivity index (χ4n) is 2.43. The van der Waals surface area contributed by atoms with Gasteiger partial charge in [0.05, 0.1) is 0 Å². The van der Waals surface area contributed by atoms with Gasteiger partial charge < -0.3 is 16.5 Å². The minimum atomic E-state index is 0.342. The van der Waals surface area contributed by atoms with Gasteiger partial charge in [-0.25, -0.2) is 0 Å². The summed E-state index contributed by atoms with van der Waals surface area (Å²) in [5, 5.41) is 3.57. The van der Waals surface area contributed by atoms with E-state index in [1.807, 2.05) is 6.07 Å². The largest absolute Gasteiger partial charge is 0.368 e. The van der Waals surface area contributed by atoms with Crippen molar-refractivity contribution in [2.45, 2.75) is 19.5 Å². The quantitative estimate of drug-likeness (QED) is 0.343. The van der Waals surface area contributed by atoms with Crippen LogP contribution >= 0.6 is 0 Å². The van der Waals surface area contributed by atoms with Crippen molar-refractivity contribution in [1.82, 2.24) is 9.80 Å². The third-order valence-electron chi connectivity index (χ3n) is 3.39. The van der Waals surface area contributed by atoms with Crippen LogP contribution in [0.3, 0.4) is 0 Å². The lowest BCUT2D eigenvalue weighted by Gasteiger charge is -2.40. The summed E-state index contributed by atoms with van der Waals surface area (Å²) in [5.74, 6) is 5.66. The average molecular weight is 247 g/mol. The Labute approximate surface area is 108 Å². The van der Waals surface area contributed by atoms with E-state index in [9.17, 15) is 0 Å². The highest BCUT2D eigenvalue weighted by Gasteiger charge is 2.24. The van der Waals surface area contributed by atoms with Crippen molar-refractivity contribution in [1.29, 1.82) is 0 Å². The van der Waals surface area contributed by atoms with Crippen molar-refractivity contribution in [3.63, 3.8) is 0 Å². The third kappa shape index (κ3) is 2.92. The van der Waals surface area contributed by atoms with Crippen molar-refractivity contribution in [2.75, 3.05) is 19.6 Å². The summed E-state index contributed by atoms with van der Waals surface area (Å²) in [5.41, 5.74) is 7.11. The molecule has 0 amide bonds. The first-order valence-corrected chi connectivity index (χ1v) is 6.27. The monoisotopic (exact) mass is 247 g/mol. The van der Waals surface area contributed by atoms with Crippen molar-refractivity contribution >= 4 is 5.96 Å². The fraction of sp³-hybridized carbons (Fsp3) is 0.462. The van der Waals surface area contributed by atoms with Gasteiger partial charge in [0, 0.05) is 32.2 Å². The average Bonchev–Trinajstić information content (AvgIpc) is 2.39. The predicted molar refractivity (Wildman–Crippen MR) is 73.7 cm³/mol. The van der Waals surface area contributed by atoms with Gasteiger partial charge in [0.15, 0.2) is 0 Å². The Morgan fingerprint density at radius 1 is 1.33 bits per heavy atom. The van der Waals surface area contributed by atoms with E-state index in [2.05, 4.69) is 46.1 Å². The molecule has 18 heavy (non-hydrogen) atoms. The van der Waals surface area contributed by atoms with Gasteiger partial charge in [-0.2, -0.15) is 0 Å². The van der Waals surface area contributed by atoms with E-state index in [4.69, 9.17) is 11.6 Å². The topological polar surface area (TPSA) is 70.9 Å². The van der Waals surface area contributed by atoms with Crippen LogP contribution in [-0.4, -0.2) is 41.4 Å². The first kappa shape index (κ1) is 12.7. The normalized spacial score (nSPS) is 22.2. The highest BCUT2D eigenvalue weighted by atomic mass is 15.4. The van der Waals surface area contributed by atoms with E-state index in [0.29, 0.717) is 12.0 Å². The molecular weight excluding hydrogens is 226 g/mol. The number of rotatable bonds is 2. The molecule has 5 heteroatoms. The number of hydrogen-bond acceptors (Lipinski definition) is 3. The van der Waals surface area contributed by atoms with Crippen molar-refractivity contribution < 1.29 is 0 Å². The maximum absolute atomic E-state index is 5.77. The number of benzene rings is 1. The Hall–Kier alpha value is -1.75. The molecule has 0 bridgehead atoms. The Balaban J connectivity index is 1.92. The summed E-state index contributed by atoms with van der Waals surface area (Å²) in [7, 11) is 0. The molecule has 1 atom stereocenters. The van der Waals surface area contributed by atoms with Gasteiger partial charge >= 0.3 is 0 Å². The molecule has 2 rings (SSSR count). The van der Waals surface area contributed by atoms with Gasteiger partial charge in [0.25, 0.3) is 0 Å². The second kappa shape index (κ2) is 5.73. The first-order chi connectivity index (χ1) is 8.70. The molecule has 1 aromatic carbocycles. The zero-order valence-corrected chi connectivity index (χ0v) is 10.8. The molecule has 1 fully saturated rings. The number of hydrogen-bond donors (Lipinski definition) is 2. The highest BCUT2D eigenvalue weighted by molar-refractivity contribution is 5.78. The molecule has 0 aromatic heterocycles. The second-order valence-corrected chi connectivity index (χ2v) is 4.75. The number of piperazine rings is 1. The lowest BCUT2D eigenvalue weighted by atomic mass is 10.1. The van der Waals surface area contributed by atoms with Gasteiger partial charge in [-0.1, -0.05) is 30.3 Å². The predicted octanol–water partition coefficient (Wildman–Crippen LogP) is 0.381. The summed E-state index contributed by atoms with van der Waals surface area (Å²) in [6.45, 7) is 5.97. The lowest BCUT2D eigenvalue weighted by Crippen LogP contribution is -2.55. The van der Waals surface area contributed by atoms with Crippen LogP contribution in [0.15, 0.2) is 35.4 Å². The van der Waals surface area contributed by atoms with E-state index in [1.54, 1.807) is 0 Å². The van der Waals surface area contributed by atoms with Crippen molar-refractivity contribution in [3.05, 3.63) is 35.9 Å². The molecule has 98 valence electrons. The summed E-state index contributed by atoms with van der Waals surface area (Å²) >= 11 is 0. The molecule has 4 N–H and O–H groups in total. The smallest absolute Gasteiger partial charge is 0.213 e. The molecule has 0 spiro atoms. The second-order valence-electron chi connectivity index (χ2n) is 4.75. The van der Waals surface area contributed by atoms with Gasteiger partial charge in [0.1, 0.15) is 0 Å². The van der Waals surface area contributed by atoms with E-state index in [1.165, 1.54) is 5.56 Å². The summed E-state index contributed by atoms with van der Waals surface area (Å²) in [4.78, 5) is 4.49. The third-order valence-corrected chi connectivity index (χ3v) is 3.39. The van der Waals surface area contributed by atoms with Crippen molar-refractivity contribution in [3.8, 4) is 0 Å². The zero-order valence-electron chi connectivity index (χ0n) is 10.8. The Morgan fingerprint density at radius 3 is 2.67 bits per heavy atom. The van der Waals surface area contributed by atoms with E-state index >= 15 is 0 Å². The molecule has 1 aliphatic rings. The van der Waals surface area contributed by atoms with Crippen LogP contribution < -0.4 is 11.6 Å². The molecule has 1 heterocycles. The van der Waals surface area contributed by atoms with Gasteiger partial charge in [-0.05, 0) is 12.5 Å². The molecule has 1 aliphatic heterocycles. The fourth-order valence-corrected chi connectivity index (χ4v) is 2.43. The van der Waals surface area contributed by atoms with Crippen LogP contribution in [0.5, 0.6) is 0 Å². The van der Waals surface area contributed by atoms with Crippen molar-refractivity contribution in [2.24, 2.45) is 16.7 Å². The van der Waals surface area contributed by atoms with Crippen LogP contribution in [0.2, 0.25) is 0 Å².